The summed E-state index contributed by atoms with van der Waals surface area (Å²) in [5.41, 5.74) is 0.742. The molecule has 0 aliphatic carbocycles. The van der Waals surface area contributed by atoms with E-state index in [2.05, 4.69) is 25.4 Å². The quantitative estimate of drug-likeness (QED) is 0.652. The number of benzene rings is 1. The number of aromatic nitrogens is 4. The highest BCUT2D eigenvalue weighted by molar-refractivity contribution is 5.69. The van der Waals surface area contributed by atoms with E-state index in [4.69, 9.17) is 14.0 Å². The molecule has 2 aromatic heterocycles. The van der Waals surface area contributed by atoms with Crippen molar-refractivity contribution in [3.63, 3.8) is 0 Å². The molecular formula is C16H16FN5O3. The number of methoxy groups -OCH3 is 2. The Morgan fingerprint density at radius 1 is 1.20 bits per heavy atom. The molecule has 0 aliphatic heterocycles. The van der Waals surface area contributed by atoms with E-state index < -0.39 is 12.1 Å². The Morgan fingerprint density at radius 3 is 2.76 bits per heavy atom. The van der Waals surface area contributed by atoms with Crippen LogP contribution in [0.2, 0.25) is 0 Å². The van der Waals surface area contributed by atoms with Gasteiger partial charge in [0, 0.05) is 20.4 Å². The Kier molecular flexibility index (Phi) is 5.26. The molecule has 8 nitrogen and oxygen atoms in total. The molecule has 25 heavy (non-hydrogen) atoms. The summed E-state index contributed by atoms with van der Waals surface area (Å²) in [5.74, 6) is 0.362. The van der Waals surface area contributed by atoms with Crippen LogP contribution in [-0.4, -0.2) is 47.2 Å². The zero-order chi connectivity index (χ0) is 17.6. The molecule has 0 saturated heterocycles. The fourth-order valence-electron chi connectivity index (χ4n) is 2.15. The fraction of sp³-hybridized carbons (Fsp3) is 0.250. The van der Waals surface area contributed by atoms with Crippen LogP contribution in [0.25, 0.3) is 22.8 Å². The fourth-order valence-corrected chi connectivity index (χ4v) is 2.15. The van der Waals surface area contributed by atoms with E-state index in [0.717, 1.165) is 0 Å². The molecule has 0 bridgehead atoms. The number of nitrogens with zero attached hydrogens (tertiary/aromatic N) is 4. The summed E-state index contributed by atoms with van der Waals surface area (Å²) in [4.78, 5) is 12.4. The third-order valence-electron chi connectivity index (χ3n) is 3.45. The van der Waals surface area contributed by atoms with Crippen LogP contribution in [-0.2, 0) is 9.47 Å². The summed E-state index contributed by atoms with van der Waals surface area (Å²) in [6.07, 6.45) is 2.47. The van der Waals surface area contributed by atoms with Gasteiger partial charge in [-0.3, -0.25) is 0 Å². The number of anilines is 1. The molecule has 0 atom stereocenters. The molecule has 3 aromatic rings. The summed E-state index contributed by atoms with van der Waals surface area (Å²) in [5, 5.41) is 6.90. The molecule has 1 N–H and O–H groups in total. The van der Waals surface area contributed by atoms with E-state index >= 15 is 0 Å². The second-order valence-corrected chi connectivity index (χ2v) is 4.97. The van der Waals surface area contributed by atoms with Gasteiger partial charge in [0.15, 0.2) is 6.29 Å². The normalized spacial score (nSPS) is 11.0. The van der Waals surface area contributed by atoms with Gasteiger partial charge in [0.1, 0.15) is 23.5 Å². The maximum atomic E-state index is 13.9. The lowest BCUT2D eigenvalue weighted by Gasteiger charge is -2.15. The molecule has 0 unspecified atom stereocenters. The predicted molar refractivity (Wildman–Crippen MR) is 87.0 cm³/mol. The van der Waals surface area contributed by atoms with Crippen molar-refractivity contribution in [3.05, 3.63) is 42.6 Å². The van der Waals surface area contributed by atoms with Gasteiger partial charge in [0.25, 0.3) is 5.89 Å². The molecule has 3 rings (SSSR count). The minimum absolute atomic E-state index is 0.148. The van der Waals surface area contributed by atoms with Crippen molar-refractivity contribution < 1.29 is 18.4 Å². The van der Waals surface area contributed by atoms with E-state index in [1.165, 1.54) is 32.8 Å². The summed E-state index contributed by atoms with van der Waals surface area (Å²) < 4.78 is 29.4. The van der Waals surface area contributed by atoms with Crippen LogP contribution in [0, 0.1) is 5.82 Å². The second kappa shape index (κ2) is 7.77. The number of ether oxygens (including phenoxy) is 2. The molecule has 0 aliphatic rings. The number of rotatable bonds is 7. The van der Waals surface area contributed by atoms with Crippen LogP contribution in [0.15, 0.2) is 41.3 Å². The summed E-state index contributed by atoms with van der Waals surface area (Å²) in [6.45, 7) is 0.353. The molecule has 9 heteroatoms. The van der Waals surface area contributed by atoms with Crippen LogP contribution >= 0.6 is 0 Å². The highest BCUT2D eigenvalue weighted by Gasteiger charge is 2.18. The first-order valence-electron chi connectivity index (χ1n) is 7.41. The van der Waals surface area contributed by atoms with Gasteiger partial charge in [0.2, 0.25) is 5.82 Å². The molecule has 0 spiro atoms. The lowest BCUT2D eigenvalue weighted by atomic mass is 10.2. The average molecular weight is 345 g/mol. The van der Waals surface area contributed by atoms with Crippen molar-refractivity contribution in [1.29, 1.82) is 0 Å². The standard InChI is InChI=1S/C16H16FN5O3/c1-23-13(24-2)8-19-14-11(7-18-9-20-14)16-21-15(22-25-16)10-5-3-4-6-12(10)17/h3-7,9,13H,8H2,1-2H3,(H,18,19,20). The SMILES string of the molecule is COC(CNc1ncncc1-c1nc(-c2ccccc2F)no1)OC. The Balaban J connectivity index is 1.87. The first kappa shape index (κ1) is 16.9. The number of nitrogens with one attached hydrogen (secondary N) is 1. The Morgan fingerprint density at radius 2 is 2.00 bits per heavy atom. The van der Waals surface area contributed by atoms with Gasteiger partial charge in [-0.1, -0.05) is 17.3 Å². The molecule has 0 amide bonds. The van der Waals surface area contributed by atoms with Crippen LogP contribution in [0.4, 0.5) is 10.2 Å². The zero-order valence-corrected chi connectivity index (χ0v) is 13.6. The van der Waals surface area contributed by atoms with Crippen molar-refractivity contribution in [2.24, 2.45) is 0 Å². The molecule has 130 valence electrons. The molecular weight excluding hydrogens is 329 g/mol. The van der Waals surface area contributed by atoms with E-state index in [0.29, 0.717) is 17.9 Å². The highest BCUT2D eigenvalue weighted by atomic mass is 19.1. The number of hydrogen-bond donors (Lipinski definition) is 1. The van der Waals surface area contributed by atoms with Crippen molar-refractivity contribution in [3.8, 4) is 22.8 Å². The molecule has 1 aromatic carbocycles. The maximum absolute atomic E-state index is 13.9. The van der Waals surface area contributed by atoms with E-state index in [-0.39, 0.29) is 17.3 Å². The van der Waals surface area contributed by atoms with Crippen LogP contribution in [0.5, 0.6) is 0 Å². The van der Waals surface area contributed by atoms with E-state index in [9.17, 15) is 4.39 Å². The minimum Gasteiger partial charge on any atom is -0.364 e. The lowest BCUT2D eigenvalue weighted by Crippen LogP contribution is -2.24. The lowest BCUT2D eigenvalue weighted by molar-refractivity contribution is -0.0914. The van der Waals surface area contributed by atoms with E-state index in [1.54, 1.807) is 18.2 Å². The summed E-state index contributed by atoms with van der Waals surface area (Å²) in [6, 6.07) is 6.20. The van der Waals surface area contributed by atoms with Crippen molar-refractivity contribution in [2.75, 3.05) is 26.1 Å². The van der Waals surface area contributed by atoms with Crippen molar-refractivity contribution in [1.82, 2.24) is 20.1 Å². The third-order valence-corrected chi connectivity index (χ3v) is 3.45. The highest BCUT2D eigenvalue weighted by Crippen LogP contribution is 2.27. The topological polar surface area (TPSA) is 95.2 Å². The zero-order valence-electron chi connectivity index (χ0n) is 13.6. The van der Waals surface area contributed by atoms with Gasteiger partial charge in [-0.05, 0) is 12.1 Å². The Labute approximate surface area is 143 Å². The van der Waals surface area contributed by atoms with Crippen molar-refractivity contribution >= 4 is 5.82 Å². The van der Waals surface area contributed by atoms with Gasteiger partial charge in [-0.2, -0.15) is 4.98 Å². The number of hydrogen-bond acceptors (Lipinski definition) is 8. The second-order valence-electron chi connectivity index (χ2n) is 4.97. The summed E-state index contributed by atoms with van der Waals surface area (Å²) >= 11 is 0. The summed E-state index contributed by atoms with van der Waals surface area (Å²) in [7, 11) is 3.07. The van der Waals surface area contributed by atoms with Gasteiger partial charge >= 0.3 is 0 Å². The van der Waals surface area contributed by atoms with Gasteiger partial charge in [-0.15, -0.1) is 0 Å². The average Bonchev–Trinajstić information content (AvgIpc) is 3.13. The number of halogens is 1. The third kappa shape index (κ3) is 3.78. The van der Waals surface area contributed by atoms with Crippen molar-refractivity contribution in [2.45, 2.75) is 6.29 Å². The first-order valence-corrected chi connectivity index (χ1v) is 7.41. The maximum Gasteiger partial charge on any atom is 0.263 e. The van der Waals surface area contributed by atoms with Crippen LogP contribution in [0.3, 0.4) is 0 Å². The van der Waals surface area contributed by atoms with Crippen LogP contribution < -0.4 is 5.32 Å². The molecule has 0 radical (unpaired) electrons. The molecule has 0 fully saturated rings. The largest absolute Gasteiger partial charge is 0.364 e. The smallest absolute Gasteiger partial charge is 0.263 e. The van der Waals surface area contributed by atoms with Gasteiger partial charge < -0.3 is 19.3 Å². The Hall–Kier alpha value is -2.91. The minimum atomic E-state index is -0.445. The van der Waals surface area contributed by atoms with E-state index in [1.807, 2.05) is 0 Å². The molecule has 2 heterocycles. The van der Waals surface area contributed by atoms with Gasteiger partial charge in [0.05, 0.1) is 12.1 Å². The monoisotopic (exact) mass is 345 g/mol. The molecule has 0 saturated carbocycles. The Bertz CT molecular complexity index is 838. The van der Waals surface area contributed by atoms with Crippen LogP contribution in [0.1, 0.15) is 0 Å². The predicted octanol–water partition coefficient (Wildman–Crippen LogP) is 2.36. The first-order chi connectivity index (χ1) is 12.2. The van der Waals surface area contributed by atoms with Gasteiger partial charge in [-0.25, -0.2) is 14.4 Å².